The van der Waals surface area contributed by atoms with Crippen LogP contribution in [0.2, 0.25) is 5.15 Å². The third-order valence-electron chi connectivity index (χ3n) is 2.63. The Balaban J connectivity index is 2.16. The zero-order valence-electron chi connectivity index (χ0n) is 11.0. The Bertz CT molecular complexity index is 616. The number of thiazole rings is 1. The monoisotopic (exact) mass is 312 g/mol. The van der Waals surface area contributed by atoms with E-state index in [9.17, 15) is 4.79 Å². The molecule has 0 unspecified atom stereocenters. The standard InChI is InChI=1S/C13H13ClN2O3S/c1-18-9-5-3-4-8(11(9)19-2)6-15-13-16-12(14)10(7-17)20-13/h3-5,7H,6H2,1-2H3,(H,15,16). The lowest BCUT2D eigenvalue weighted by Gasteiger charge is -2.12. The van der Waals surface area contributed by atoms with Crippen LogP contribution in [-0.2, 0) is 6.54 Å². The second kappa shape index (κ2) is 6.58. The van der Waals surface area contributed by atoms with Gasteiger partial charge in [-0.2, -0.15) is 0 Å². The summed E-state index contributed by atoms with van der Waals surface area (Å²) in [7, 11) is 3.18. The van der Waals surface area contributed by atoms with E-state index in [4.69, 9.17) is 21.1 Å². The Morgan fingerprint density at radius 3 is 2.80 bits per heavy atom. The third kappa shape index (κ3) is 3.02. The summed E-state index contributed by atoms with van der Waals surface area (Å²) in [5.41, 5.74) is 0.922. The zero-order chi connectivity index (χ0) is 14.5. The van der Waals surface area contributed by atoms with Crippen molar-refractivity contribution < 1.29 is 14.3 Å². The van der Waals surface area contributed by atoms with E-state index in [1.807, 2.05) is 18.2 Å². The lowest BCUT2D eigenvalue weighted by Crippen LogP contribution is -2.02. The van der Waals surface area contributed by atoms with Crippen molar-refractivity contribution in [2.75, 3.05) is 19.5 Å². The van der Waals surface area contributed by atoms with E-state index < -0.39 is 0 Å². The van der Waals surface area contributed by atoms with Crippen molar-refractivity contribution in [3.63, 3.8) is 0 Å². The van der Waals surface area contributed by atoms with Crippen LogP contribution in [0.5, 0.6) is 11.5 Å². The van der Waals surface area contributed by atoms with Crippen LogP contribution in [0.1, 0.15) is 15.2 Å². The molecule has 1 aromatic heterocycles. The normalized spacial score (nSPS) is 10.2. The molecule has 1 N–H and O–H groups in total. The number of anilines is 1. The lowest BCUT2D eigenvalue weighted by molar-refractivity contribution is 0.112. The first kappa shape index (κ1) is 14.6. The number of ether oxygens (including phenoxy) is 2. The largest absolute Gasteiger partial charge is 0.493 e. The average Bonchev–Trinajstić information content (AvgIpc) is 2.84. The van der Waals surface area contributed by atoms with Gasteiger partial charge in [-0.15, -0.1) is 0 Å². The van der Waals surface area contributed by atoms with Crippen LogP contribution in [0.25, 0.3) is 0 Å². The molecule has 2 rings (SSSR count). The number of hydrogen-bond acceptors (Lipinski definition) is 6. The van der Waals surface area contributed by atoms with E-state index in [1.54, 1.807) is 14.2 Å². The molecule has 5 nitrogen and oxygen atoms in total. The van der Waals surface area contributed by atoms with Crippen LogP contribution < -0.4 is 14.8 Å². The Labute approximate surface area is 125 Å². The molecule has 20 heavy (non-hydrogen) atoms. The average molecular weight is 313 g/mol. The van der Waals surface area contributed by atoms with Crippen LogP contribution in [0.3, 0.4) is 0 Å². The number of rotatable bonds is 6. The predicted octanol–water partition coefficient (Wildman–Crippen LogP) is 3.24. The molecule has 0 saturated heterocycles. The number of carbonyl (C=O) groups is 1. The summed E-state index contributed by atoms with van der Waals surface area (Å²) >= 11 is 7.02. The van der Waals surface area contributed by atoms with E-state index in [1.165, 1.54) is 11.3 Å². The van der Waals surface area contributed by atoms with Gasteiger partial charge < -0.3 is 14.8 Å². The molecule has 0 fully saturated rings. The number of aldehydes is 1. The molecule has 0 aliphatic heterocycles. The minimum absolute atomic E-state index is 0.213. The van der Waals surface area contributed by atoms with Gasteiger partial charge in [-0.3, -0.25) is 4.79 Å². The first-order valence-electron chi connectivity index (χ1n) is 5.74. The fraction of sp³-hybridized carbons (Fsp3) is 0.231. The lowest BCUT2D eigenvalue weighted by atomic mass is 10.2. The van der Waals surface area contributed by atoms with E-state index in [0.717, 1.165) is 5.56 Å². The molecule has 7 heteroatoms. The molecular formula is C13H13ClN2O3S. The number of nitrogens with one attached hydrogen (secondary N) is 1. The number of hydrogen-bond donors (Lipinski definition) is 1. The van der Waals surface area contributed by atoms with E-state index in [-0.39, 0.29) is 5.15 Å². The smallest absolute Gasteiger partial charge is 0.185 e. The van der Waals surface area contributed by atoms with Crippen LogP contribution in [0.4, 0.5) is 5.13 Å². The molecule has 0 amide bonds. The maximum absolute atomic E-state index is 10.7. The summed E-state index contributed by atoms with van der Waals surface area (Å²) in [4.78, 5) is 15.2. The predicted molar refractivity (Wildman–Crippen MR) is 79.4 cm³/mol. The number of aromatic nitrogens is 1. The number of carbonyl (C=O) groups excluding carboxylic acids is 1. The van der Waals surface area contributed by atoms with Crippen LogP contribution >= 0.6 is 22.9 Å². The second-order valence-electron chi connectivity index (χ2n) is 3.80. The Hall–Kier alpha value is -1.79. The van der Waals surface area contributed by atoms with Crippen molar-refractivity contribution in [3.05, 3.63) is 33.8 Å². The fourth-order valence-corrected chi connectivity index (χ4v) is 2.69. The zero-order valence-corrected chi connectivity index (χ0v) is 12.5. The van der Waals surface area contributed by atoms with Gasteiger partial charge in [-0.05, 0) is 6.07 Å². The van der Waals surface area contributed by atoms with Crippen LogP contribution in [-0.4, -0.2) is 25.5 Å². The topological polar surface area (TPSA) is 60.5 Å². The minimum Gasteiger partial charge on any atom is -0.493 e. The van der Waals surface area contributed by atoms with Crippen molar-refractivity contribution in [1.82, 2.24) is 4.98 Å². The number of methoxy groups -OCH3 is 2. The highest BCUT2D eigenvalue weighted by Crippen LogP contribution is 2.32. The van der Waals surface area contributed by atoms with Gasteiger partial charge in [0.15, 0.2) is 28.1 Å². The summed E-state index contributed by atoms with van der Waals surface area (Å²) in [5.74, 6) is 1.33. The fourth-order valence-electron chi connectivity index (χ4n) is 1.73. The molecule has 1 heterocycles. The molecule has 1 aromatic carbocycles. The molecule has 0 aliphatic rings. The van der Waals surface area contributed by atoms with Gasteiger partial charge in [0.1, 0.15) is 4.88 Å². The van der Waals surface area contributed by atoms with Gasteiger partial charge in [-0.25, -0.2) is 4.98 Å². The molecule has 106 valence electrons. The molecular weight excluding hydrogens is 300 g/mol. The minimum atomic E-state index is 0.213. The second-order valence-corrected chi connectivity index (χ2v) is 5.19. The summed E-state index contributed by atoms with van der Waals surface area (Å²) < 4.78 is 10.6. The molecule has 0 aliphatic carbocycles. The SMILES string of the molecule is COc1cccc(CNc2nc(Cl)c(C=O)s2)c1OC. The molecule has 0 bridgehead atoms. The Kier molecular flexibility index (Phi) is 4.81. The Morgan fingerprint density at radius 2 is 2.20 bits per heavy atom. The third-order valence-corrected chi connectivity index (χ3v) is 3.97. The molecule has 0 radical (unpaired) electrons. The first-order valence-corrected chi connectivity index (χ1v) is 6.94. The van der Waals surface area contributed by atoms with E-state index in [0.29, 0.717) is 34.3 Å². The van der Waals surface area contributed by atoms with Gasteiger partial charge in [0.25, 0.3) is 0 Å². The van der Waals surface area contributed by atoms with Gasteiger partial charge in [0.05, 0.1) is 14.2 Å². The van der Waals surface area contributed by atoms with Crippen molar-refractivity contribution in [2.24, 2.45) is 0 Å². The summed E-state index contributed by atoms with van der Waals surface area (Å²) in [6.07, 6.45) is 0.692. The quantitative estimate of drug-likeness (QED) is 0.830. The highest BCUT2D eigenvalue weighted by Gasteiger charge is 2.11. The van der Waals surface area contributed by atoms with Crippen molar-refractivity contribution >= 4 is 34.4 Å². The molecule has 0 atom stereocenters. The van der Waals surface area contributed by atoms with Crippen molar-refractivity contribution in [2.45, 2.75) is 6.54 Å². The summed E-state index contributed by atoms with van der Waals surface area (Å²) in [5, 5.41) is 3.91. The van der Waals surface area contributed by atoms with Crippen LogP contribution in [0.15, 0.2) is 18.2 Å². The van der Waals surface area contributed by atoms with Gasteiger partial charge >= 0.3 is 0 Å². The first-order chi connectivity index (χ1) is 9.69. The maximum Gasteiger partial charge on any atom is 0.185 e. The van der Waals surface area contributed by atoms with Gasteiger partial charge in [-0.1, -0.05) is 35.1 Å². The maximum atomic E-state index is 10.7. The number of benzene rings is 1. The summed E-state index contributed by atoms with van der Waals surface area (Å²) in [6.45, 7) is 0.489. The van der Waals surface area contributed by atoms with E-state index >= 15 is 0 Å². The van der Waals surface area contributed by atoms with Gasteiger partial charge in [0.2, 0.25) is 0 Å². The van der Waals surface area contributed by atoms with Gasteiger partial charge in [0, 0.05) is 12.1 Å². The van der Waals surface area contributed by atoms with Crippen molar-refractivity contribution in [3.8, 4) is 11.5 Å². The van der Waals surface area contributed by atoms with Crippen LogP contribution in [0, 0.1) is 0 Å². The van der Waals surface area contributed by atoms with E-state index in [2.05, 4.69) is 10.3 Å². The number of para-hydroxylation sites is 1. The molecule has 0 spiro atoms. The molecule has 0 saturated carbocycles. The highest BCUT2D eigenvalue weighted by atomic mass is 35.5. The number of halogens is 1. The van der Waals surface area contributed by atoms with Crippen molar-refractivity contribution in [1.29, 1.82) is 0 Å². The molecule has 2 aromatic rings. The number of nitrogens with zero attached hydrogens (tertiary/aromatic N) is 1. The summed E-state index contributed by atoms with van der Waals surface area (Å²) in [6, 6.07) is 5.63. The Morgan fingerprint density at radius 1 is 1.40 bits per heavy atom. The highest BCUT2D eigenvalue weighted by molar-refractivity contribution is 7.17.